The molecule has 4 nitrogen and oxygen atoms in total. The molecule has 0 aromatic carbocycles. The number of aromatic nitrogens is 2. The summed E-state index contributed by atoms with van der Waals surface area (Å²) in [5.74, 6) is 0. The fourth-order valence-electron chi connectivity index (χ4n) is 1.09. The van der Waals surface area contributed by atoms with Gasteiger partial charge in [-0.2, -0.15) is 0 Å². The zero-order valence-electron chi connectivity index (χ0n) is 6.91. The van der Waals surface area contributed by atoms with Crippen molar-refractivity contribution < 1.29 is 0 Å². The monoisotopic (exact) mass is 154 g/mol. The second-order valence-corrected chi connectivity index (χ2v) is 2.51. The molecule has 0 saturated carbocycles. The Hall–Kier alpha value is -0.870. The standard InChI is InChI=1S/C7H14N4/c1-9-6(3-8)7-4-10-5-11(7)2/h4-6,9H,3,8H2,1-2H3. The number of imidazole rings is 1. The van der Waals surface area contributed by atoms with E-state index in [0.29, 0.717) is 6.54 Å². The van der Waals surface area contributed by atoms with Gasteiger partial charge in [-0.05, 0) is 7.05 Å². The summed E-state index contributed by atoms with van der Waals surface area (Å²) in [4.78, 5) is 4.01. The van der Waals surface area contributed by atoms with Crippen molar-refractivity contribution in [2.45, 2.75) is 6.04 Å². The summed E-state index contributed by atoms with van der Waals surface area (Å²) in [5, 5.41) is 3.11. The molecule has 0 aliphatic rings. The number of nitrogens with two attached hydrogens (primary N) is 1. The molecule has 0 saturated heterocycles. The number of likely N-dealkylation sites (N-methyl/N-ethyl adjacent to an activating group) is 1. The van der Waals surface area contributed by atoms with Crippen LogP contribution < -0.4 is 11.1 Å². The molecule has 0 spiro atoms. The summed E-state index contributed by atoms with van der Waals surface area (Å²) in [6, 6.07) is 0.211. The van der Waals surface area contributed by atoms with Crippen LogP contribution >= 0.6 is 0 Å². The van der Waals surface area contributed by atoms with E-state index in [2.05, 4.69) is 10.3 Å². The smallest absolute Gasteiger partial charge is 0.0946 e. The molecular formula is C7H14N4. The van der Waals surface area contributed by atoms with Crippen molar-refractivity contribution in [1.82, 2.24) is 14.9 Å². The van der Waals surface area contributed by atoms with E-state index in [4.69, 9.17) is 5.73 Å². The van der Waals surface area contributed by atoms with Crippen molar-refractivity contribution in [3.63, 3.8) is 0 Å². The van der Waals surface area contributed by atoms with Crippen LogP contribution in [0.15, 0.2) is 12.5 Å². The summed E-state index contributed by atoms with van der Waals surface area (Å²) < 4.78 is 1.97. The van der Waals surface area contributed by atoms with E-state index in [-0.39, 0.29) is 6.04 Å². The van der Waals surface area contributed by atoms with E-state index >= 15 is 0 Å². The molecule has 0 aliphatic heterocycles. The highest BCUT2D eigenvalue weighted by Gasteiger charge is 2.09. The Kier molecular flexibility index (Phi) is 2.62. The third kappa shape index (κ3) is 1.58. The number of hydrogen-bond donors (Lipinski definition) is 2. The normalized spacial score (nSPS) is 13.4. The van der Waals surface area contributed by atoms with Crippen molar-refractivity contribution >= 4 is 0 Å². The Morgan fingerprint density at radius 2 is 2.55 bits per heavy atom. The van der Waals surface area contributed by atoms with Crippen molar-refractivity contribution in [2.75, 3.05) is 13.6 Å². The molecule has 4 heteroatoms. The zero-order chi connectivity index (χ0) is 8.27. The van der Waals surface area contributed by atoms with E-state index in [1.165, 1.54) is 0 Å². The van der Waals surface area contributed by atoms with E-state index in [0.717, 1.165) is 5.69 Å². The molecule has 0 bridgehead atoms. The average Bonchev–Trinajstić information content (AvgIpc) is 2.40. The summed E-state index contributed by atoms with van der Waals surface area (Å²) in [5.41, 5.74) is 6.66. The van der Waals surface area contributed by atoms with Crippen LogP contribution in [0.2, 0.25) is 0 Å². The molecule has 0 amide bonds. The molecule has 1 heterocycles. The summed E-state index contributed by atoms with van der Waals surface area (Å²) in [6.45, 7) is 0.593. The zero-order valence-corrected chi connectivity index (χ0v) is 6.91. The number of nitrogens with one attached hydrogen (secondary N) is 1. The van der Waals surface area contributed by atoms with Crippen LogP contribution in [0.1, 0.15) is 11.7 Å². The van der Waals surface area contributed by atoms with Gasteiger partial charge in [0.25, 0.3) is 0 Å². The molecule has 0 aliphatic carbocycles. The second-order valence-electron chi connectivity index (χ2n) is 2.51. The highest BCUT2D eigenvalue weighted by atomic mass is 15.1. The SMILES string of the molecule is CNC(CN)c1cncn1C. The van der Waals surface area contributed by atoms with Gasteiger partial charge in [-0.3, -0.25) is 0 Å². The fourth-order valence-corrected chi connectivity index (χ4v) is 1.09. The first-order valence-corrected chi connectivity index (χ1v) is 3.63. The molecule has 0 radical (unpaired) electrons. The molecule has 1 rings (SSSR count). The van der Waals surface area contributed by atoms with Gasteiger partial charge in [-0.15, -0.1) is 0 Å². The number of aryl methyl sites for hydroxylation is 1. The summed E-state index contributed by atoms with van der Waals surface area (Å²) >= 11 is 0. The number of hydrogen-bond acceptors (Lipinski definition) is 3. The van der Waals surface area contributed by atoms with E-state index in [9.17, 15) is 0 Å². The van der Waals surface area contributed by atoms with Gasteiger partial charge in [0.1, 0.15) is 0 Å². The van der Waals surface area contributed by atoms with Gasteiger partial charge in [-0.1, -0.05) is 0 Å². The summed E-state index contributed by atoms with van der Waals surface area (Å²) in [6.07, 6.45) is 3.60. The molecule has 3 N–H and O–H groups in total. The lowest BCUT2D eigenvalue weighted by atomic mass is 10.2. The quantitative estimate of drug-likeness (QED) is 0.625. The highest BCUT2D eigenvalue weighted by molar-refractivity contribution is 5.04. The molecule has 11 heavy (non-hydrogen) atoms. The van der Waals surface area contributed by atoms with Crippen molar-refractivity contribution in [3.8, 4) is 0 Å². The first-order valence-electron chi connectivity index (χ1n) is 3.63. The molecule has 1 unspecified atom stereocenters. The van der Waals surface area contributed by atoms with Crippen LogP contribution in [0, 0.1) is 0 Å². The van der Waals surface area contributed by atoms with Gasteiger partial charge in [0.15, 0.2) is 0 Å². The molecular weight excluding hydrogens is 140 g/mol. The minimum atomic E-state index is 0.211. The van der Waals surface area contributed by atoms with E-state index < -0.39 is 0 Å². The van der Waals surface area contributed by atoms with Crippen molar-refractivity contribution in [1.29, 1.82) is 0 Å². The van der Waals surface area contributed by atoms with E-state index in [1.807, 2.05) is 24.9 Å². The van der Waals surface area contributed by atoms with Crippen LogP contribution in [0.5, 0.6) is 0 Å². The third-order valence-electron chi connectivity index (χ3n) is 1.80. The van der Waals surface area contributed by atoms with Gasteiger partial charge >= 0.3 is 0 Å². The Morgan fingerprint density at radius 3 is 2.91 bits per heavy atom. The van der Waals surface area contributed by atoms with E-state index in [1.54, 1.807) is 6.33 Å². The van der Waals surface area contributed by atoms with Crippen LogP contribution in [-0.2, 0) is 7.05 Å². The Bertz CT molecular complexity index is 214. The van der Waals surface area contributed by atoms with Gasteiger partial charge in [-0.25, -0.2) is 4.98 Å². The average molecular weight is 154 g/mol. The van der Waals surface area contributed by atoms with Gasteiger partial charge in [0, 0.05) is 19.8 Å². The molecule has 0 fully saturated rings. The molecule has 1 atom stereocenters. The maximum atomic E-state index is 5.54. The minimum Gasteiger partial charge on any atom is -0.336 e. The topological polar surface area (TPSA) is 55.9 Å². The van der Waals surface area contributed by atoms with Gasteiger partial charge in [0.05, 0.1) is 18.1 Å². The Morgan fingerprint density at radius 1 is 1.82 bits per heavy atom. The largest absolute Gasteiger partial charge is 0.336 e. The van der Waals surface area contributed by atoms with Crippen LogP contribution in [-0.4, -0.2) is 23.1 Å². The lowest BCUT2D eigenvalue weighted by molar-refractivity contribution is 0.567. The predicted octanol–water partition coefficient (Wildman–Crippen LogP) is -0.361. The van der Waals surface area contributed by atoms with Gasteiger partial charge in [0.2, 0.25) is 0 Å². The predicted molar refractivity (Wildman–Crippen MR) is 44.1 cm³/mol. The lowest BCUT2D eigenvalue weighted by Gasteiger charge is -2.13. The molecule has 1 aromatic rings. The van der Waals surface area contributed by atoms with Gasteiger partial charge < -0.3 is 15.6 Å². The maximum Gasteiger partial charge on any atom is 0.0946 e. The Labute approximate surface area is 66.4 Å². The van der Waals surface area contributed by atoms with Crippen LogP contribution in [0.3, 0.4) is 0 Å². The minimum absolute atomic E-state index is 0.211. The van der Waals surface area contributed by atoms with Crippen LogP contribution in [0.4, 0.5) is 0 Å². The number of rotatable bonds is 3. The third-order valence-corrected chi connectivity index (χ3v) is 1.80. The van der Waals surface area contributed by atoms with Crippen molar-refractivity contribution in [2.24, 2.45) is 12.8 Å². The first kappa shape index (κ1) is 8.23. The Balaban J connectivity index is 2.81. The fraction of sp³-hybridized carbons (Fsp3) is 0.571. The summed E-state index contributed by atoms with van der Waals surface area (Å²) in [7, 11) is 3.85. The van der Waals surface area contributed by atoms with Crippen molar-refractivity contribution in [3.05, 3.63) is 18.2 Å². The highest BCUT2D eigenvalue weighted by Crippen LogP contribution is 2.07. The molecule has 62 valence electrons. The van der Waals surface area contributed by atoms with Crippen LogP contribution in [0.25, 0.3) is 0 Å². The maximum absolute atomic E-state index is 5.54. The lowest BCUT2D eigenvalue weighted by Crippen LogP contribution is -2.26. The number of nitrogens with zero attached hydrogens (tertiary/aromatic N) is 2. The molecule has 1 aromatic heterocycles. The second kappa shape index (κ2) is 3.50. The first-order chi connectivity index (χ1) is 5.29.